The highest BCUT2D eigenvalue weighted by atomic mass is 16.7. The van der Waals surface area contributed by atoms with Crippen LogP contribution >= 0.6 is 0 Å². The topological polar surface area (TPSA) is 47.9 Å². The van der Waals surface area contributed by atoms with E-state index in [1.54, 1.807) is 0 Å². The number of allylic oxidation sites excluding steroid dienone is 3. The van der Waals surface area contributed by atoms with Crippen LogP contribution in [0.25, 0.3) is 0 Å². The van der Waals surface area contributed by atoms with Crippen LogP contribution in [0.4, 0.5) is 0 Å². The Bertz CT molecular complexity index is 698. The van der Waals surface area contributed by atoms with Crippen LogP contribution in [0, 0.1) is 28.6 Å². The lowest BCUT2D eigenvalue weighted by molar-refractivity contribution is -0.181. The van der Waals surface area contributed by atoms with E-state index in [1.165, 1.54) is 17.8 Å². The highest BCUT2D eigenvalue weighted by molar-refractivity contribution is 5.41. The van der Waals surface area contributed by atoms with E-state index >= 15 is 0 Å². The van der Waals surface area contributed by atoms with E-state index in [0.717, 1.165) is 32.3 Å². The van der Waals surface area contributed by atoms with Crippen LogP contribution in [0.5, 0.6) is 0 Å². The molecule has 1 spiro atoms. The van der Waals surface area contributed by atoms with Gasteiger partial charge in [0.15, 0.2) is 5.79 Å². The molecule has 8 atom stereocenters. The van der Waals surface area contributed by atoms with Crippen molar-refractivity contribution in [3.63, 3.8) is 0 Å². The predicted octanol–water partition coefficient (Wildman–Crippen LogP) is 3.17. The fourth-order valence-electron chi connectivity index (χ4n) is 7.28. The maximum absolute atomic E-state index is 10.1. The minimum atomic E-state index is -0.459. The van der Waals surface area contributed by atoms with Crippen molar-refractivity contribution >= 4 is 0 Å². The summed E-state index contributed by atoms with van der Waals surface area (Å²) in [6.45, 7) is 5.94. The van der Waals surface area contributed by atoms with Gasteiger partial charge in [0.2, 0.25) is 0 Å². The molecule has 6 aliphatic rings. The van der Waals surface area contributed by atoms with Gasteiger partial charge < -0.3 is 19.3 Å². The van der Waals surface area contributed by atoms with Gasteiger partial charge in [-0.2, -0.15) is 0 Å². The highest BCUT2D eigenvalue weighted by Crippen LogP contribution is 2.68. The lowest BCUT2D eigenvalue weighted by Gasteiger charge is -2.53. The number of rotatable bonds is 0. The molecule has 136 valence electrons. The lowest BCUT2D eigenvalue weighted by atomic mass is 9.51. The van der Waals surface area contributed by atoms with Gasteiger partial charge >= 0.3 is 0 Å². The van der Waals surface area contributed by atoms with Crippen molar-refractivity contribution < 1.29 is 19.3 Å². The molecule has 25 heavy (non-hydrogen) atoms. The second-order valence-electron chi connectivity index (χ2n) is 9.68. The number of hydrogen-bond donors (Lipinski definition) is 1. The first kappa shape index (κ1) is 15.2. The summed E-state index contributed by atoms with van der Waals surface area (Å²) in [5.74, 6) is 2.17. The van der Waals surface area contributed by atoms with Gasteiger partial charge in [-0.05, 0) is 61.9 Å². The first-order chi connectivity index (χ1) is 12.0. The molecule has 6 rings (SSSR count). The van der Waals surface area contributed by atoms with Crippen LogP contribution < -0.4 is 0 Å². The van der Waals surface area contributed by atoms with Crippen molar-refractivity contribution in [2.45, 2.75) is 63.9 Å². The summed E-state index contributed by atoms with van der Waals surface area (Å²) in [4.78, 5) is 0. The predicted molar refractivity (Wildman–Crippen MR) is 91.4 cm³/mol. The fourth-order valence-corrected chi connectivity index (χ4v) is 7.28. The monoisotopic (exact) mass is 344 g/mol. The Hall–Kier alpha value is -0.840. The van der Waals surface area contributed by atoms with Gasteiger partial charge in [-0.3, -0.25) is 0 Å². The van der Waals surface area contributed by atoms with Gasteiger partial charge in [0.25, 0.3) is 0 Å². The van der Waals surface area contributed by atoms with E-state index in [1.807, 2.05) is 0 Å². The van der Waals surface area contributed by atoms with E-state index in [0.29, 0.717) is 24.4 Å². The maximum Gasteiger partial charge on any atom is 0.173 e. The number of aliphatic hydroxyl groups excluding tert-OH is 1. The van der Waals surface area contributed by atoms with E-state index in [4.69, 9.17) is 14.2 Å². The zero-order chi connectivity index (χ0) is 17.0. The average Bonchev–Trinajstić information content (AvgIpc) is 3.20. The molecule has 1 N–H and O–H groups in total. The van der Waals surface area contributed by atoms with Gasteiger partial charge in [-0.15, -0.1) is 0 Å². The SMILES string of the molecule is CC12OCC3OC4=C5C=CC6CC(O)CCC6(C)C5CCC4(CO1)C32. The zero-order valence-electron chi connectivity index (χ0n) is 15.2. The molecule has 1 saturated carbocycles. The van der Waals surface area contributed by atoms with Crippen LogP contribution in [0.1, 0.15) is 46.0 Å². The third-order valence-corrected chi connectivity index (χ3v) is 8.61. The third-order valence-electron chi connectivity index (χ3n) is 8.61. The Kier molecular flexibility index (Phi) is 2.76. The average molecular weight is 344 g/mol. The quantitative estimate of drug-likeness (QED) is 0.733. The molecule has 3 aliphatic heterocycles. The molecule has 3 aliphatic carbocycles. The smallest absolute Gasteiger partial charge is 0.173 e. The molecule has 0 amide bonds. The van der Waals surface area contributed by atoms with Crippen LogP contribution in [-0.4, -0.2) is 36.3 Å². The van der Waals surface area contributed by atoms with E-state index < -0.39 is 5.79 Å². The Morgan fingerprint density at radius 2 is 2.04 bits per heavy atom. The molecule has 4 nitrogen and oxygen atoms in total. The number of hydrogen-bond acceptors (Lipinski definition) is 4. The van der Waals surface area contributed by atoms with Crippen molar-refractivity contribution in [2.24, 2.45) is 28.6 Å². The summed E-state index contributed by atoms with van der Waals surface area (Å²) >= 11 is 0. The molecule has 3 heterocycles. The first-order valence-electron chi connectivity index (χ1n) is 10.0. The summed E-state index contributed by atoms with van der Waals surface area (Å²) in [5.41, 5.74) is 1.73. The molecule has 0 aromatic rings. The molecular weight excluding hydrogens is 316 g/mol. The molecule has 0 radical (unpaired) electrons. The van der Waals surface area contributed by atoms with Crippen molar-refractivity contribution in [1.29, 1.82) is 0 Å². The van der Waals surface area contributed by atoms with Crippen LogP contribution in [-0.2, 0) is 14.2 Å². The summed E-state index contributed by atoms with van der Waals surface area (Å²) in [6, 6.07) is 0. The summed E-state index contributed by atoms with van der Waals surface area (Å²) in [5, 5.41) is 10.1. The second kappa shape index (κ2) is 4.52. The summed E-state index contributed by atoms with van der Waals surface area (Å²) in [7, 11) is 0. The number of fused-ring (bicyclic) bond motifs is 3. The second-order valence-corrected chi connectivity index (χ2v) is 9.68. The lowest BCUT2D eigenvalue weighted by Crippen LogP contribution is -2.47. The van der Waals surface area contributed by atoms with E-state index in [-0.39, 0.29) is 23.0 Å². The maximum atomic E-state index is 10.1. The number of aliphatic hydroxyl groups is 1. The fraction of sp³-hybridized carbons (Fsp3) is 0.810. The molecule has 4 heteroatoms. The van der Waals surface area contributed by atoms with Crippen LogP contribution in [0.2, 0.25) is 0 Å². The van der Waals surface area contributed by atoms with Gasteiger partial charge in [-0.25, -0.2) is 0 Å². The van der Waals surface area contributed by atoms with E-state index in [2.05, 4.69) is 26.0 Å². The molecule has 0 aromatic carbocycles. The normalized spacial score (nSPS) is 58.4. The molecular formula is C21H28O4. The molecule has 0 aromatic heterocycles. The molecule has 4 fully saturated rings. The minimum absolute atomic E-state index is 0.0312. The molecule has 3 saturated heterocycles. The van der Waals surface area contributed by atoms with Crippen molar-refractivity contribution in [2.75, 3.05) is 13.2 Å². The highest BCUT2D eigenvalue weighted by Gasteiger charge is 2.72. The number of ether oxygens (including phenoxy) is 3. The van der Waals surface area contributed by atoms with Crippen LogP contribution in [0.3, 0.4) is 0 Å². The van der Waals surface area contributed by atoms with Gasteiger partial charge in [0.1, 0.15) is 11.9 Å². The van der Waals surface area contributed by atoms with Gasteiger partial charge in [-0.1, -0.05) is 19.1 Å². The Morgan fingerprint density at radius 3 is 2.92 bits per heavy atom. The van der Waals surface area contributed by atoms with Crippen molar-refractivity contribution in [3.05, 3.63) is 23.5 Å². The van der Waals surface area contributed by atoms with Gasteiger partial charge in [0.05, 0.1) is 30.7 Å². The summed E-state index contributed by atoms with van der Waals surface area (Å²) in [6.07, 6.45) is 10.0. The van der Waals surface area contributed by atoms with E-state index in [9.17, 15) is 5.11 Å². The zero-order valence-corrected chi connectivity index (χ0v) is 15.2. The largest absolute Gasteiger partial charge is 0.491 e. The Morgan fingerprint density at radius 1 is 1.16 bits per heavy atom. The molecule has 0 bridgehead atoms. The van der Waals surface area contributed by atoms with Gasteiger partial charge in [0, 0.05) is 0 Å². The van der Waals surface area contributed by atoms with Crippen LogP contribution in [0.15, 0.2) is 23.5 Å². The van der Waals surface area contributed by atoms with Crippen molar-refractivity contribution in [1.82, 2.24) is 0 Å². The first-order valence-corrected chi connectivity index (χ1v) is 10.0. The summed E-state index contributed by atoms with van der Waals surface area (Å²) < 4.78 is 18.7. The standard InChI is InChI=1S/C21H28O4/c1-19-7-5-13(22)9-12(19)3-4-14-15(19)6-8-21-11-24-20(2)17(21)16(10-23-20)25-18(14)21/h3-4,12-13,15-17,22H,5-11H2,1-2H3. The third kappa shape index (κ3) is 1.65. The molecule has 8 unspecified atom stereocenters. The minimum Gasteiger partial charge on any atom is -0.491 e. The van der Waals surface area contributed by atoms with Crippen molar-refractivity contribution in [3.8, 4) is 0 Å². The Labute approximate surface area is 149 Å². The Balaban J connectivity index is 1.48.